The van der Waals surface area contributed by atoms with Gasteiger partial charge in [-0.3, -0.25) is 0 Å². The molecule has 2 N–H and O–H groups in total. The third kappa shape index (κ3) is 5.41. The minimum Gasteiger partial charge on any atom is -0.361 e. The van der Waals surface area contributed by atoms with Crippen LogP contribution in [0.5, 0.6) is 0 Å². The molecule has 0 saturated heterocycles. The molecule has 10 heteroatoms. The van der Waals surface area contributed by atoms with Crippen LogP contribution in [0.2, 0.25) is 0 Å². The summed E-state index contributed by atoms with van der Waals surface area (Å²) in [6.45, 7) is 7.45. The summed E-state index contributed by atoms with van der Waals surface area (Å²) in [5, 5.41) is 2.19. The van der Waals surface area contributed by atoms with Crippen LogP contribution < -0.4 is 14.9 Å². The van der Waals surface area contributed by atoms with Crippen molar-refractivity contribution in [3.63, 3.8) is 0 Å². The predicted molar refractivity (Wildman–Crippen MR) is 110 cm³/mol. The van der Waals surface area contributed by atoms with Crippen LogP contribution in [0.15, 0.2) is 29.6 Å². The molecule has 2 amide bonds. The van der Waals surface area contributed by atoms with Gasteiger partial charge in [-0.15, -0.1) is 0 Å². The lowest BCUT2D eigenvalue weighted by atomic mass is 9.92. The maximum absolute atomic E-state index is 14.0. The van der Waals surface area contributed by atoms with E-state index in [0.29, 0.717) is 22.6 Å². The Hall–Kier alpha value is -2.75. The van der Waals surface area contributed by atoms with Crippen LogP contribution in [0.1, 0.15) is 50.7 Å². The van der Waals surface area contributed by atoms with E-state index >= 15 is 0 Å². The lowest BCUT2D eigenvalue weighted by Gasteiger charge is -2.20. The Kier molecular flexibility index (Phi) is 6.78. The lowest BCUT2D eigenvalue weighted by molar-refractivity contribution is 0.256. The van der Waals surface area contributed by atoms with E-state index in [1.165, 1.54) is 18.3 Å². The molecule has 0 radical (unpaired) electrons. The zero-order valence-corrected chi connectivity index (χ0v) is 18.1. The predicted octanol–water partition coefficient (Wildman–Crippen LogP) is 3.44. The Morgan fingerprint density at radius 3 is 2.00 bits per heavy atom. The number of hydrogen-bond acceptors (Lipinski definition) is 6. The number of benzene rings is 1. The van der Waals surface area contributed by atoms with E-state index in [2.05, 4.69) is 15.3 Å². The van der Waals surface area contributed by atoms with Gasteiger partial charge in [0.25, 0.3) is 10.0 Å². The monoisotopic (exact) mass is 423 g/mol. The van der Waals surface area contributed by atoms with Gasteiger partial charge in [-0.2, -0.15) is 8.42 Å². The van der Waals surface area contributed by atoms with E-state index in [-0.39, 0.29) is 16.9 Å². The van der Waals surface area contributed by atoms with Gasteiger partial charge in [-0.1, -0.05) is 27.7 Å². The molecule has 0 unspecified atom stereocenters. The van der Waals surface area contributed by atoms with E-state index in [1.807, 2.05) is 32.4 Å². The van der Waals surface area contributed by atoms with Gasteiger partial charge in [0, 0.05) is 19.8 Å². The fourth-order valence-corrected chi connectivity index (χ4v) is 3.48. The van der Waals surface area contributed by atoms with Crippen LogP contribution in [0.4, 0.5) is 20.7 Å². The molecule has 1 aromatic carbocycles. The van der Waals surface area contributed by atoms with Crippen LogP contribution in [0.3, 0.4) is 0 Å². The first-order valence-corrected chi connectivity index (χ1v) is 10.6. The molecule has 2 aromatic rings. The molecule has 0 aliphatic carbocycles. The fourth-order valence-electron chi connectivity index (χ4n) is 2.70. The summed E-state index contributed by atoms with van der Waals surface area (Å²) < 4.78 is 40.8. The van der Waals surface area contributed by atoms with Crippen molar-refractivity contribution in [2.45, 2.75) is 44.6 Å². The highest BCUT2D eigenvalue weighted by Gasteiger charge is 2.23. The van der Waals surface area contributed by atoms with Gasteiger partial charge >= 0.3 is 6.03 Å². The highest BCUT2D eigenvalue weighted by molar-refractivity contribution is 7.90. The first-order valence-electron chi connectivity index (χ1n) is 9.09. The summed E-state index contributed by atoms with van der Waals surface area (Å²) in [5.74, 6) is -0.103. The number of carbonyl (C=O) groups is 1. The van der Waals surface area contributed by atoms with Gasteiger partial charge < -0.3 is 10.2 Å². The third-order valence-electron chi connectivity index (χ3n) is 4.22. The molecular formula is C19H26FN5O3S. The van der Waals surface area contributed by atoms with Crippen LogP contribution >= 0.6 is 0 Å². The Morgan fingerprint density at radius 1 is 1.03 bits per heavy atom. The van der Waals surface area contributed by atoms with Crippen molar-refractivity contribution >= 4 is 27.6 Å². The largest absolute Gasteiger partial charge is 0.361 e. The summed E-state index contributed by atoms with van der Waals surface area (Å²) >= 11 is 0. The number of halogens is 1. The molecule has 0 bridgehead atoms. The van der Waals surface area contributed by atoms with Crippen molar-refractivity contribution in [2.75, 3.05) is 24.3 Å². The SMILES string of the molecule is CC(C)c1cc(F)cc(C(C)C)c1NC(=O)NS(=O)(=O)c1cnc(N(C)C)cn1. The van der Waals surface area contributed by atoms with E-state index in [0.717, 1.165) is 6.20 Å². The number of carbonyl (C=O) groups excluding carboxylic acids is 1. The summed E-state index contributed by atoms with van der Waals surface area (Å²) in [5.41, 5.74) is 1.56. The van der Waals surface area contributed by atoms with Crippen molar-refractivity contribution in [1.82, 2.24) is 14.7 Å². The Labute approximate surface area is 170 Å². The maximum Gasteiger partial charge on any atom is 0.333 e. The van der Waals surface area contributed by atoms with Crippen molar-refractivity contribution < 1.29 is 17.6 Å². The molecule has 8 nitrogen and oxygen atoms in total. The second kappa shape index (κ2) is 8.73. The van der Waals surface area contributed by atoms with Gasteiger partial charge in [-0.25, -0.2) is 23.9 Å². The zero-order valence-electron chi connectivity index (χ0n) is 17.3. The van der Waals surface area contributed by atoms with E-state index in [9.17, 15) is 17.6 Å². The summed E-state index contributed by atoms with van der Waals surface area (Å²) in [4.78, 5) is 22.0. The topological polar surface area (TPSA) is 104 Å². The zero-order chi connectivity index (χ0) is 21.9. The normalized spacial score (nSPS) is 11.6. The molecule has 0 fully saturated rings. The van der Waals surface area contributed by atoms with Gasteiger partial charge in [0.1, 0.15) is 11.6 Å². The molecule has 158 valence electrons. The van der Waals surface area contributed by atoms with Gasteiger partial charge in [0.2, 0.25) is 0 Å². The van der Waals surface area contributed by atoms with Crippen molar-refractivity contribution in [1.29, 1.82) is 0 Å². The summed E-state index contributed by atoms with van der Waals surface area (Å²) in [7, 11) is -0.742. The highest BCUT2D eigenvalue weighted by atomic mass is 32.2. The van der Waals surface area contributed by atoms with Crippen LogP contribution in [0, 0.1) is 5.82 Å². The van der Waals surface area contributed by atoms with Crippen LogP contribution in [-0.4, -0.2) is 38.5 Å². The standard InChI is InChI=1S/C19H26FN5O3S/c1-11(2)14-7-13(20)8-15(12(3)4)18(14)23-19(26)24-29(27,28)17-10-21-16(9-22-17)25(5)6/h7-12H,1-6H3,(H2,23,24,26). The maximum atomic E-state index is 14.0. The first-order chi connectivity index (χ1) is 13.4. The van der Waals surface area contributed by atoms with E-state index < -0.39 is 21.9 Å². The van der Waals surface area contributed by atoms with Crippen LogP contribution in [-0.2, 0) is 10.0 Å². The van der Waals surface area contributed by atoms with Gasteiger partial charge in [-0.05, 0) is 35.1 Å². The number of nitrogens with one attached hydrogen (secondary N) is 2. The summed E-state index contributed by atoms with van der Waals surface area (Å²) in [6, 6.07) is 1.72. The van der Waals surface area contributed by atoms with E-state index in [4.69, 9.17) is 0 Å². The van der Waals surface area contributed by atoms with Crippen molar-refractivity contribution in [2.24, 2.45) is 0 Å². The number of nitrogens with zero attached hydrogens (tertiary/aromatic N) is 3. The quantitative estimate of drug-likeness (QED) is 0.738. The first kappa shape index (κ1) is 22.5. The number of aromatic nitrogens is 2. The second-order valence-corrected chi connectivity index (χ2v) is 9.06. The smallest absolute Gasteiger partial charge is 0.333 e. The molecule has 2 rings (SSSR count). The number of urea groups is 1. The number of hydrogen-bond donors (Lipinski definition) is 2. The molecule has 29 heavy (non-hydrogen) atoms. The Morgan fingerprint density at radius 2 is 1.59 bits per heavy atom. The average Bonchev–Trinajstić information content (AvgIpc) is 2.62. The van der Waals surface area contributed by atoms with Crippen molar-refractivity contribution in [3.8, 4) is 0 Å². The Bertz CT molecular complexity index is 960. The molecule has 1 heterocycles. The molecule has 0 spiro atoms. The molecule has 1 aromatic heterocycles. The molecule has 0 aliphatic heterocycles. The third-order valence-corrected chi connectivity index (χ3v) is 5.44. The molecular weight excluding hydrogens is 397 g/mol. The fraction of sp³-hybridized carbons (Fsp3) is 0.421. The average molecular weight is 424 g/mol. The lowest BCUT2D eigenvalue weighted by Crippen LogP contribution is -2.35. The molecule has 0 atom stereocenters. The van der Waals surface area contributed by atoms with Crippen LogP contribution in [0.25, 0.3) is 0 Å². The second-order valence-electron chi connectivity index (χ2n) is 7.44. The van der Waals surface area contributed by atoms with Gasteiger partial charge in [0.15, 0.2) is 5.03 Å². The molecule has 0 aliphatic rings. The van der Waals surface area contributed by atoms with Crippen molar-refractivity contribution in [3.05, 3.63) is 41.5 Å². The van der Waals surface area contributed by atoms with E-state index in [1.54, 1.807) is 19.0 Å². The molecule has 0 saturated carbocycles. The summed E-state index contributed by atoms with van der Waals surface area (Å²) in [6.07, 6.45) is 2.36. The highest BCUT2D eigenvalue weighted by Crippen LogP contribution is 2.33. The number of anilines is 2. The Balaban J connectivity index is 2.30. The minimum atomic E-state index is -4.22. The number of rotatable bonds is 6. The number of sulfonamides is 1. The number of amides is 2. The van der Waals surface area contributed by atoms with Gasteiger partial charge in [0.05, 0.1) is 12.4 Å². The minimum absolute atomic E-state index is 0.0837.